The average molecular weight is 335 g/mol. The van der Waals surface area contributed by atoms with Crippen LogP contribution in [0.1, 0.15) is 65.5 Å². The Morgan fingerprint density at radius 3 is 2.48 bits per heavy atom. The lowest BCUT2D eigenvalue weighted by Crippen LogP contribution is -2.30. The molecule has 0 aliphatic carbocycles. The van der Waals surface area contributed by atoms with Crippen LogP contribution in [0.2, 0.25) is 0 Å². The highest BCUT2D eigenvalue weighted by atomic mass is 32.2. The van der Waals surface area contributed by atoms with Crippen LogP contribution in [0.25, 0.3) is 0 Å². The Morgan fingerprint density at radius 2 is 1.78 bits per heavy atom. The minimum absolute atomic E-state index is 0.499. The van der Waals surface area contributed by atoms with E-state index in [1.165, 1.54) is 48.5 Å². The lowest BCUT2D eigenvalue weighted by atomic mass is 10.0. The van der Waals surface area contributed by atoms with Crippen LogP contribution in [-0.4, -0.2) is 23.9 Å². The summed E-state index contributed by atoms with van der Waals surface area (Å²) >= 11 is 1.90. The van der Waals surface area contributed by atoms with Gasteiger partial charge in [-0.25, -0.2) is 0 Å². The molecule has 1 atom stereocenters. The second-order valence-electron chi connectivity index (χ2n) is 7.65. The van der Waals surface area contributed by atoms with Crippen molar-refractivity contribution in [3.05, 3.63) is 23.8 Å². The van der Waals surface area contributed by atoms with Gasteiger partial charge in [-0.1, -0.05) is 33.8 Å². The van der Waals surface area contributed by atoms with Crippen LogP contribution in [-0.2, 0) is 0 Å². The molecule has 1 heterocycles. The van der Waals surface area contributed by atoms with E-state index in [1.54, 1.807) is 0 Å². The maximum Gasteiger partial charge on any atom is 0.0658 e. The fourth-order valence-electron chi connectivity index (χ4n) is 3.10. The molecule has 0 saturated carbocycles. The predicted molar refractivity (Wildman–Crippen MR) is 104 cm³/mol. The molecule has 1 unspecified atom stereocenters. The third-order valence-electron chi connectivity index (χ3n) is 4.74. The van der Waals surface area contributed by atoms with Crippen molar-refractivity contribution in [3.63, 3.8) is 0 Å². The summed E-state index contributed by atoms with van der Waals surface area (Å²) in [6.45, 7) is 14.1. The Morgan fingerprint density at radius 1 is 1.04 bits per heavy atom. The predicted octanol–water partition coefficient (Wildman–Crippen LogP) is 6.01. The molecule has 23 heavy (non-hydrogen) atoms. The summed E-state index contributed by atoms with van der Waals surface area (Å²) in [5.41, 5.74) is 2.78. The Balaban J connectivity index is 2.03. The minimum Gasteiger partial charge on any atom is -0.375 e. The van der Waals surface area contributed by atoms with Crippen LogP contribution in [0.4, 0.5) is 5.69 Å². The summed E-state index contributed by atoms with van der Waals surface area (Å²) < 4.78 is 0. The lowest BCUT2D eigenvalue weighted by Gasteiger charge is -2.30. The van der Waals surface area contributed by atoms with Gasteiger partial charge in [-0.3, -0.25) is 4.90 Å². The van der Waals surface area contributed by atoms with E-state index >= 15 is 0 Å². The van der Waals surface area contributed by atoms with E-state index in [4.69, 9.17) is 0 Å². The zero-order chi connectivity index (χ0) is 16.8. The van der Waals surface area contributed by atoms with Crippen molar-refractivity contribution in [2.45, 2.75) is 64.8 Å². The van der Waals surface area contributed by atoms with Gasteiger partial charge in [0.2, 0.25) is 0 Å². The summed E-state index contributed by atoms with van der Waals surface area (Å²) in [5, 5.41) is 3.49. The van der Waals surface area contributed by atoms with Crippen molar-refractivity contribution in [3.8, 4) is 0 Å². The summed E-state index contributed by atoms with van der Waals surface area (Å²) in [4.78, 5) is 4.08. The van der Waals surface area contributed by atoms with Crippen LogP contribution in [0.5, 0.6) is 0 Å². The van der Waals surface area contributed by atoms with Gasteiger partial charge < -0.3 is 5.32 Å². The molecule has 0 spiro atoms. The first-order valence-corrected chi connectivity index (χ1v) is 10.2. The van der Waals surface area contributed by atoms with Gasteiger partial charge in [0.05, 0.1) is 5.88 Å². The van der Waals surface area contributed by atoms with Crippen LogP contribution in [0.15, 0.2) is 23.1 Å². The molecule has 0 aromatic heterocycles. The summed E-state index contributed by atoms with van der Waals surface area (Å²) in [5.74, 6) is 2.59. The maximum absolute atomic E-state index is 3.49. The molecule has 3 heteroatoms. The van der Waals surface area contributed by atoms with E-state index in [-0.39, 0.29) is 0 Å². The molecule has 1 aromatic carbocycles. The van der Waals surface area contributed by atoms with Crippen molar-refractivity contribution in [2.24, 2.45) is 11.8 Å². The monoisotopic (exact) mass is 334 g/mol. The zero-order valence-electron chi connectivity index (χ0n) is 15.6. The fourth-order valence-corrected chi connectivity index (χ4v) is 3.93. The van der Waals surface area contributed by atoms with E-state index in [0.717, 1.165) is 17.7 Å². The first-order valence-electron chi connectivity index (χ1n) is 9.22. The van der Waals surface area contributed by atoms with Gasteiger partial charge in [-0.15, -0.1) is 11.8 Å². The van der Waals surface area contributed by atoms with Gasteiger partial charge in [0.25, 0.3) is 0 Å². The first kappa shape index (κ1) is 18.7. The van der Waals surface area contributed by atoms with Crippen molar-refractivity contribution >= 4 is 17.4 Å². The molecule has 0 saturated heterocycles. The van der Waals surface area contributed by atoms with Crippen LogP contribution in [0, 0.1) is 11.8 Å². The Bertz CT molecular complexity index is 485. The standard InChI is InChI=1S/C20H34N2S/c1-15(2)7-6-11-22(12-10-16(3)4)17(5)18-8-9-20-19(13-18)21-14-23-20/h8-9,13,15-17,21H,6-7,10-12,14H2,1-5H3. The molecule has 1 aliphatic heterocycles. The Hall–Kier alpha value is -0.670. The second kappa shape index (κ2) is 8.98. The highest BCUT2D eigenvalue weighted by Gasteiger charge is 2.19. The third-order valence-corrected chi connectivity index (χ3v) is 5.70. The van der Waals surface area contributed by atoms with Gasteiger partial charge in [0.1, 0.15) is 0 Å². The molecular weight excluding hydrogens is 300 g/mol. The number of hydrogen-bond acceptors (Lipinski definition) is 3. The smallest absolute Gasteiger partial charge is 0.0658 e. The van der Waals surface area contributed by atoms with E-state index in [0.29, 0.717) is 6.04 Å². The number of benzene rings is 1. The summed E-state index contributed by atoms with van der Waals surface area (Å²) in [7, 11) is 0. The second-order valence-corrected chi connectivity index (χ2v) is 8.67. The minimum atomic E-state index is 0.499. The zero-order valence-corrected chi connectivity index (χ0v) is 16.4. The molecule has 130 valence electrons. The molecule has 1 aliphatic rings. The fraction of sp³-hybridized carbons (Fsp3) is 0.700. The number of fused-ring (bicyclic) bond motifs is 1. The summed E-state index contributed by atoms with van der Waals surface area (Å²) in [6.07, 6.45) is 3.91. The molecule has 0 amide bonds. The highest BCUT2D eigenvalue weighted by Crippen LogP contribution is 2.36. The van der Waals surface area contributed by atoms with E-state index < -0.39 is 0 Å². The number of thioether (sulfide) groups is 1. The first-order chi connectivity index (χ1) is 11.0. The van der Waals surface area contributed by atoms with E-state index in [1.807, 2.05) is 11.8 Å². The van der Waals surface area contributed by atoms with Crippen LogP contribution >= 0.6 is 11.8 Å². The maximum atomic E-state index is 3.49. The Labute approximate surface area is 147 Å². The van der Waals surface area contributed by atoms with E-state index in [9.17, 15) is 0 Å². The number of nitrogens with one attached hydrogen (secondary N) is 1. The molecule has 1 N–H and O–H groups in total. The van der Waals surface area contributed by atoms with Gasteiger partial charge >= 0.3 is 0 Å². The van der Waals surface area contributed by atoms with Crippen molar-refractivity contribution in [1.29, 1.82) is 0 Å². The molecular formula is C20H34N2S. The van der Waals surface area contributed by atoms with Crippen molar-refractivity contribution in [1.82, 2.24) is 4.90 Å². The van der Waals surface area contributed by atoms with Gasteiger partial charge in [0, 0.05) is 16.6 Å². The number of hydrogen-bond donors (Lipinski definition) is 1. The molecule has 1 aromatic rings. The SMILES string of the molecule is CC(C)CCCN(CCC(C)C)C(C)c1ccc2c(c1)NCS2. The number of anilines is 1. The topological polar surface area (TPSA) is 15.3 Å². The van der Waals surface area contributed by atoms with Gasteiger partial charge in [0.15, 0.2) is 0 Å². The quantitative estimate of drug-likeness (QED) is 0.595. The lowest BCUT2D eigenvalue weighted by molar-refractivity contribution is 0.192. The third kappa shape index (κ3) is 5.72. The number of nitrogens with zero attached hydrogens (tertiary/aromatic N) is 1. The summed E-state index contributed by atoms with van der Waals surface area (Å²) in [6, 6.07) is 7.48. The highest BCUT2D eigenvalue weighted by molar-refractivity contribution is 7.99. The molecule has 2 rings (SSSR count). The van der Waals surface area contributed by atoms with E-state index in [2.05, 4.69) is 63.0 Å². The molecule has 0 radical (unpaired) electrons. The van der Waals surface area contributed by atoms with Crippen molar-refractivity contribution in [2.75, 3.05) is 24.3 Å². The average Bonchev–Trinajstić information content (AvgIpc) is 2.96. The Kier molecular flexibility index (Phi) is 7.29. The van der Waals surface area contributed by atoms with Gasteiger partial charge in [-0.05, 0) is 68.8 Å². The molecule has 0 fully saturated rings. The van der Waals surface area contributed by atoms with Crippen molar-refractivity contribution < 1.29 is 0 Å². The largest absolute Gasteiger partial charge is 0.375 e. The van der Waals surface area contributed by atoms with Crippen LogP contribution < -0.4 is 5.32 Å². The van der Waals surface area contributed by atoms with Crippen LogP contribution in [0.3, 0.4) is 0 Å². The molecule has 2 nitrogen and oxygen atoms in total. The molecule has 0 bridgehead atoms. The normalized spacial score (nSPS) is 15.3. The number of rotatable bonds is 9. The van der Waals surface area contributed by atoms with Gasteiger partial charge in [-0.2, -0.15) is 0 Å².